The average molecular weight is 436 g/mol. The SMILES string of the molecule is CC(C)c1cc(Nc2cccc(Cl)c2Cl)ncc1C(=O)NCC1CCOC(=O)C1. The molecule has 1 saturated heterocycles. The molecule has 1 unspecified atom stereocenters. The zero-order valence-electron chi connectivity index (χ0n) is 16.3. The van der Waals surface area contributed by atoms with Crippen molar-refractivity contribution in [3.8, 4) is 0 Å². The highest BCUT2D eigenvalue weighted by Crippen LogP contribution is 2.32. The van der Waals surface area contributed by atoms with Crippen LogP contribution in [-0.4, -0.2) is 30.0 Å². The maximum Gasteiger partial charge on any atom is 0.306 e. The molecule has 3 rings (SSSR count). The molecule has 0 radical (unpaired) electrons. The molecule has 2 heterocycles. The summed E-state index contributed by atoms with van der Waals surface area (Å²) in [4.78, 5) is 28.5. The summed E-state index contributed by atoms with van der Waals surface area (Å²) in [6.07, 6.45) is 2.64. The summed E-state index contributed by atoms with van der Waals surface area (Å²) < 4.78 is 4.94. The summed E-state index contributed by atoms with van der Waals surface area (Å²) in [5, 5.41) is 6.94. The van der Waals surface area contributed by atoms with E-state index >= 15 is 0 Å². The van der Waals surface area contributed by atoms with Crippen molar-refractivity contribution in [3.05, 3.63) is 51.6 Å². The molecule has 29 heavy (non-hydrogen) atoms. The van der Waals surface area contributed by atoms with Crippen LogP contribution in [0.3, 0.4) is 0 Å². The number of hydrogen-bond acceptors (Lipinski definition) is 5. The first kappa shape index (κ1) is 21.4. The fourth-order valence-corrected chi connectivity index (χ4v) is 3.54. The first-order chi connectivity index (χ1) is 13.8. The Hall–Kier alpha value is -2.31. The number of benzene rings is 1. The fraction of sp³-hybridized carbons (Fsp3) is 0.381. The minimum atomic E-state index is -0.213. The number of hydrogen-bond donors (Lipinski definition) is 2. The molecule has 1 aliphatic rings. The Balaban J connectivity index is 1.74. The van der Waals surface area contributed by atoms with Crippen LogP contribution in [-0.2, 0) is 9.53 Å². The Morgan fingerprint density at radius 3 is 2.86 bits per heavy atom. The molecule has 0 aliphatic carbocycles. The first-order valence-electron chi connectivity index (χ1n) is 9.50. The molecule has 1 aliphatic heterocycles. The van der Waals surface area contributed by atoms with E-state index in [1.54, 1.807) is 24.4 Å². The van der Waals surface area contributed by atoms with Crippen molar-refractivity contribution in [1.29, 1.82) is 0 Å². The van der Waals surface area contributed by atoms with Crippen LogP contribution in [0, 0.1) is 5.92 Å². The van der Waals surface area contributed by atoms with E-state index < -0.39 is 0 Å². The van der Waals surface area contributed by atoms with Gasteiger partial charge in [-0.3, -0.25) is 9.59 Å². The number of ether oxygens (including phenoxy) is 1. The molecule has 0 bridgehead atoms. The van der Waals surface area contributed by atoms with Gasteiger partial charge in [0.05, 0.1) is 34.3 Å². The summed E-state index contributed by atoms with van der Waals surface area (Å²) >= 11 is 12.3. The lowest BCUT2D eigenvalue weighted by Gasteiger charge is -2.22. The van der Waals surface area contributed by atoms with E-state index in [0.29, 0.717) is 46.7 Å². The van der Waals surface area contributed by atoms with Crippen LogP contribution in [0.25, 0.3) is 0 Å². The van der Waals surface area contributed by atoms with Crippen molar-refractivity contribution in [2.75, 3.05) is 18.5 Å². The number of rotatable bonds is 6. The number of carbonyl (C=O) groups is 2. The molecular weight excluding hydrogens is 413 g/mol. The number of aromatic nitrogens is 1. The van der Waals surface area contributed by atoms with Crippen molar-refractivity contribution >= 4 is 46.6 Å². The van der Waals surface area contributed by atoms with E-state index in [1.807, 2.05) is 19.9 Å². The highest BCUT2D eigenvalue weighted by Gasteiger charge is 2.22. The van der Waals surface area contributed by atoms with E-state index in [-0.39, 0.29) is 23.7 Å². The second-order valence-corrected chi connectivity index (χ2v) is 8.11. The quantitative estimate of drug-likeness (QED) is 0.628. The number of amides is 1. The topological polar surface area (TPSA) is 80.3 Å². The maximum absolute atomic E-state index is 12.7. The van der Waals surface area contributed by atoms with Crippen molar-refractivity contribution in [1.82, 2.24) is 10.3 Å². The van der Waals surface area contributed by atoms with E-state index in [2.05, 4.69) is 15.6 Å². The fourth-order valence-electron chi connectivity index (χ4n) is 3.19. The number of anilines is 2. The summed E-state index contributed by atoms with van der Waals surface area (Å²) in [6, 6.07) is 7.15. The van der Waals surface area contributed by atoms with E-state index in [4.69, 9.17) is 27.9 Å². The van der Waals surface area contributed by atoms with Crippen LogP contribution in [0.4, 0.5) is 11.5 Å². The first-order valence-corrected chi connectivity index (χ1v) is 10.3. The standard InChI is InChI=1S/C21H23Cl2N3O3/c1-12(2)14-9-18(26-17-5-3-4-16(22)20(17)23)24-11-15(14)21(28)25-10-13-6-7-29-19(27)8-13/h3-5,9,11-13H,6-8,10H2,1-2H3,(H,24,26)(H,25,28). The molecule has 0 saturated carbocycles. The zero-order valence-corrected chi connectivity index (χ0v) is 17.8. The number of esters is 1. The molecule has 2 N–H and O–H groups in total. The summed E-state index contributed by atoms with van der Waals surface area (Å²) in [7, 11) is 0. The van der Waals surface area contributed by atoms with Gasteiger partial charge in [-0.2, -0.15) is 0 Å². The number of nitrogens with one attached hydrogen (secondary N) is 2. The Kier molecular flexibility index (Phi) is 6.98. The number of cyclic esters (lactones) is 1. The lowest BCUT2D eigenvalue weighted by atomic mass is 9.97. The molecule has 1 amide bonds. The van der Waals surface area contributed by atoms with Gasteiger partial charge in [0, 0.05) is 12.7 Å². The Morgan fingerprint density at radius 1 is 1.34 bits per heavy atom. The monoisotopic (exact) mass is 435 g/mol. The van der Waals surface area contributed by atoms with Crippen LogP contribution < -0.4 is 10.6 Å². The van der Waals surface area contributed by atoms with Gasteiger partial charge in [0.15, 0.2) is 0 Å². The summed E-state index contributed by atoms with van der Waals surface area (Å²) in [5.74, 6) is 0.368. The van der Waals surface area contributed by atoms with Crippen molar-refractivity contribution in [2.45, 2.75) is 32.6 Å². The Morgan fingerprint density at radius 2 is 2.14 bits per heavy atom. The van der Waals surface area contributed by atoms with Gasteiger partial charge in [-0.25, -0.2) is 4.98 Å². The minimum Gasteiger partial charge on any atom is -0.466 e. The molecule has 1 aromatic heterocycles. The third kappa shape index (κ3) is 5.40. The Labute approximate surface area is 179 Å². The van der Waals surface area contributed by atoms with Crippen molar-refractivity contribution < 1.29 is 14.3 Å². The molecule has 1 aromatic carbocycles. The molecule has 8 heteroatoms. The van der Waals surface area contributed by atoms with Gasteiger partial charge in [-0.1, -0.05) is 43.1 Å². The predicted molar refractivity (Wildman–Crippen MR) is 114 cm³/mol. The second kappa shape index (κ2) is 9.46. The van der Waals surface area contributed by atoms with Crippen molar-refractivity contribution in [2.24, 2.45) is 5.92 Å². The van der Waals surface area contributed by atoms with Crippen LogP contribution in [0.5, 0.6) is 0 Å². The van der Waals surface area contributed by atoms with E-state index in [9.17, 15) is 9.59 Å². The molecule has 6 nitrogen and oxygen atoms in total. The lowest BCUT2D eigenvalue weighted by molar-refractivity contribution is -0.149. The van der Waals surface area contributed by atoms with Crippen LogP contribution in [0.15, 0.2) is 30.5 Å². The van der Waals surface area contributed by atoms with Crippen molar-refractivity contribution in [3.63, 3.8) is 0 Å². The number of halogens is 2. The molecule has 2 aromatic rings. The summed E-state index contributed by atoms with van der Waals surface area (Å²) in [5.41, 5.74) is 2.02. The van der Waals surface area contributed by atoms with Gasteiger partial charge in [-0.05, 0) is 42.0 Å². The third-order valence-electron chi connectivity index (χ3n) is 4.81. The minimum absolute atomic E-state index is 0.0987. The smallest absolute Gasteiger partial charge is 0.306 e. The van der Waals surface area contributed by atoms with Gasteiger partial charge in [0.2, 0.25) is 0 Å². The van der Waals surface area contributed by atoms with Crippen LogP contribution >= 0.6 is 23.2 Å². The van der Waals surface area contributed by atoms with Crippen LogP contribution in [0.1, 0.15) is 48.5 Å². The number of carbonyl (C=O) groups excluding carboxylic acids is 2. The van der Waals surface area contributed by atoms with Gasteiger partial charge >= 0.3 is 5.97 Å². The van der Waals surface area contributed by atoms with Gasteiger partial charge in [-0.15, -0.1) is 0 Å². The highest BCUT2D eigenvalue weighted by atomic mass is 35.5. The molecule has 1 fully saturated rings. The molecular formula is C21H23Cl2N3O3. The molecule has 154 valence electrons. The number of nitrogens with zero attached hydrogens (tertiary/aromatic N) is 1. The maximum atomic E-state index is 12.7. The largest absolute Gasteiger partial charge is 0.466 e. The van der Waals surface area contributed by atoms with Crippen LogP contribution in [0.2, 0.25) is 10.0 Å². The Bertz CT molecular complexity index is 918. The lowest BCUT2D eigenvalue weighted by Crippen LogP contribution is -2.34. The highest BCUT2D eigenvalue weighted by molar-refractivity contribution is 6.43. The van der Waals surface area contributed by atoms with Gasteiger partial charge in [0.1, 0.15) is 5.82 Å². The normalized spacial score (nSPS) is 16.4. The number of pyridine rings is 1. The predicted octanol–water partition coefficient (Wildman–Crippen LogP) is 4.94. The third-order valence-corrected chi connectivity index (χ3v) is 5.63. The molecule has 0 spiro atoms. The van der Waals surface area contributed by atoms with Gasteiger partial charge in [0.25, 0.3) is 5.91 Å². The van der Waals surface area contributed by atoms with Gasteiger partial charge < -0.3 is 15.4 Å². The van der Waals surface area contributed by atoms with E-state index in [0.717, 1.165) is 12.0 Å². The molecule has 1 atom stereocenters. The van der Waals surface area contributed by atoms with E-state index in [1.165, 1.54) is 0 Å². The summed E-state index contributed by atoms with van der Waals surface area (Å²) in [6.45, 7) is 4.87. The second-order valence-electron chi connectivity index (χ2n) is 7.33. The zero-order chi connectivity index (χ0) is 21.0. The average Bonchev–Trinajstić information content (AvgIpc) is 2.69.